The van der Waals surface area contributed by atoms with Crippen molar-refractivity contribution in [3.63, 3.8) is 0 Å². The summed E-state index contributed by atoms with van der Waals surface area (Å²) in [4.78, 5) is 0. The summed E-state index contributed by atoms with van der Waals surface area (Å²) < 4.78 is 8.32. The number of aromatic nitrogens is 1. The Morgan fingerprint density at radius 2 is 1.55 bits per heavy atom. The topological polar surface area (TPSA) is 38.0 Å². The van der Waals surface area contributed by atoms with Crippen molar-refractivity contribution in [2.24, 2.45) is 0 Å². The molecule has 0 spiro atoms. The quantitative estimate of drug-likeness (QED) is 0.262. The second kappa shape index (κ2) is 9.52. The second-order valence-corrected chi connectivity index (χ2v) is 10.0. The van der Waals surface area contributed by atoms with Gasteiger partial charge < -0.3 is 4.43 Å². The monoisotopic (exact) mass is 511 g/mol. The maximum Gasteiger partial charge on any atom is 0.246 e. The Bertz CT molecular complexity index is 1320. The van der Waals surface area contributed by atoms with Gasteiger partial charge >= 0.3 is 0 Å². The van der Waals surface area contributed by atoms with Crippen LogP contribution >= 0.6 is 15.9 Å². The molecule has 0 bridgehead atoms. The molecule has 0 saturated heterocycles. The molecule has 3 nitrogen and oxygen atoms in total. The van der Waals surface area contributed by atoms with Gasteiger partial charge in [0, 0.05) is 5.56 Å². The van der Waals surface area contributed by atoms with Crippen molar-refractivity contribution < 1.29 is 4.43 Å². The van der Waals surface area contributed by atoms with Gasteiger partial charge in [-0.05, 0) is 67.4 Å². The van der Waals surface area contributed by atoms with Crippen LogP contribution in [-0.2, 0) is 16.4 Å². The number of benzene rings is 3. The van der Waals surface area contributed by atoms with E-state index in [1.165, 1.54) is 5.56 Å². The van der Waals surface area contributed by atoms with Crippen LogP contribution in [-0.4, -0.2) is 15.1 Å². The third-order valence-corrected chi connectivity index (χ3v) is 6.48. The zero-order chi connectivity index (χ0) is 23.6. The standard InChI is InChI=1S/C28H24BrN2OSi/c1-28(2,3)27-22(19-10-6-4-7-11-19)16-24(31-21(17-30)14-15-25(31)29)23(18-32-33)26(27)20-12-8-5-9-13-20/h4-16H,18H2,1-3H3. The van der Waals surface area contributed by atoms with Crippen LogP contribution in [0.2, 0.25) is 0 Å². The van der Waals surface area contributed by atoms with Crippen molar-refractivity contribution in [1.29, 1.82) is 5.26 Å². The van der Waals surface area contributed by atoms with Crippen LogP contribution in [0.4, 0.5) is 0 Å². The molecule has 0 aliphatic rings. The summed E-state index contributed by atoms with van der Waals surface area (Å²) in [6.07, 6.45) is 0. The molecule has 5 heteroatoms. The molecule has 3 radical (unpaired) electrons. The van der Waals surface area contributed by atoms with Crippen molar-refractivity contribution in [1.82, 2.24) is 4.57 Å². The van der Waals surface area contributed by atoms with Crippen molar-refractivity contribution in [2.45, 2.75) is 32.8 Å². The van der Waals surface area contributed by atoms with Gasteiger partial charge in [-0.15, -0.1) is 0 Å². The lowest BCUT2D eigenvalue weighted by Gasteiger charge is -2.31. The molecule has 0 unspecified atom stereocenters. The molecular formula is C28H24BrN2OSi. The molecule has 0 aliphatic heterocycles. The lowest BCUT2D eigenvalue weighted by Crippen LogP contribution is -2.18. The van der Waals surface area contributed by atoms with Crippen LogP contribution in [0.15, 0.2) is 83.5 Å². The third-order valence-electron chi connectivity index (χ3n) is 5.71. The van der Waals surface area contributed by atoms with Gasteiger partial charge in [0.1, 0.15) is 11.8 Å². The zero-order valence-corrected chi connectivity index (χ0v) is 21.5. The first kappa shape index (κ1) is 23.3. The van der Waals surface area contributed by atoms with Crippen molar-refractivity contribution >= 4 is 26.4 Å². The van der Waals surface area contributed by atoms with Crippen LogP contribution < -0.4 is 0 Å². The number of hydrogen-bond donors (Lipinski definition) is 0. The smallest absolute Gasteiger partial charge is 0.246 e. The molecular weight excluding hydrogens is 488 g/mol. The van der Waals surface area contributed by atoms with Crippen LogP contribution in [0.3, 0.4) is 0 Å². The summed E-state index contributed by atoms with van der Waals surface area (Å²) in [5, 5.41) is 9.84. The molecule has 1 heterocycles. The van der Waals surface area contributed by atoms with Gasteiger partial charge in [-0.3, -0.25) is 4.57 Å². The molecule has 33 heavy (non-hydrogen) atoms. The summed E-state index contributed by atoms with van der Waals surface area (Å²) in [5.41, 5.74) is 8.07. The first-order valence-electron chi connectivity index (χ1n) is 10.7. The SMILES string of the molecule is CC(C)(C)c1c(-c2ccccc2)cc(-n2c(Br)ccc2C#N)c(CO[Si])c1-c1ccccc1. The molecule has 4 rings (SSSR count). The Kier molecular flexibility index (Phi) is 6.71. The van der Waals surface area contributed by atoms with Crippen molar-refractivity contribution in [3.8, 4) is 34.0 Å². The number of nitriles is 1. The lowest BCUT2D eigenvalue weighted by molar-refractivity contribution is 0.338. The van der Waals surface area contributed by atoms with E-state index in [1.807, 2.05) is 28.8 Å². The third kappa shape index (κ3) is 4.47. The summed E-state index contributed by atoms with van der Waals surface area (Å²) in [6, 6.07) is 29.1. The Hall–Kier alpha value is -2.91. The number of hydrogen-bond acceptors (Lipinski definition) is 2. The van der Waals surface area contributed by atoms with Crippen LogP contribution in [0.25, 0.3) is 27.9 Å². The zero-order valence-electron chi connectivity index (χ0n) is 18.9. The van der Waals surface area contributed by atoms with Gasteiger partial charge in [0.2, 0.25) is 10.5 Å². The van der Waals surface area contributed by atoms with Gasteiger partial charge in [-0.25, -0.2) is 0 Å². The fourth-order valence-electron chi connectivity index (χ4n) is 4.42. The maximum atomic E-state index is 9.84. The van der Waals surface area contributed by atoms with Crippen LogP contribution in [0.1, 0.15) is 37.6 Å². The number of nitrogens with zero attached hydrogens (tertiary/aromatic N) is 2. The van der Waals surface area contributed by atoms with Gasteiger partial charge in [-0.2, -0.15) is 5.26 Å². The molecule has 3 aromatic carbocycles. The van der Waals surface area contributed by atoms with E-state index in [2.05, 4.69) is 108 Å². The normalized spacial score (nSPS) is 11.4. The Labute approximate surface area is 207 Å². The average Bonchev–Trinajstić information content (AvgIpc) is 3.19. The summed E-state index contributed by atoms with van der Waals surface area (Å²) in [7, 11) is 3.25. The Morgan fingerprint density at radius 3 is 2.09 bits per heavy atom. The summed E-state index contributed by atoms with van der Waals surface area (Å²) in [6.45, 7) is 7.06. The van der Waals surface area contributed by atoms with Gasteiger partial charge in [-0.1, -0.05) is 81.4 Å². The van der Waals surface area contributed by atoms with E-state index in [4.69, 9.17) is 4.43 Å². The Morgan fingerprint density at radius 1 is 0.939 bits per heavy atom. The van der Waals surface area contributed by atoms with E-state index in [1.54, 1.807) is 0 Å². The Balaban J connectivity index is 2.24. The van der Waals surface area contributed by atoms with E-state index in [0.717, 1.165) is 38.1 Å². The molecule has 0 fully saturated rings. The molecule has 1 aromatic heterocycles. The highest BCUT2D eigenvalue weighted by atomic mass is 79.9. The molecule has 0 saturated carbocycles. The first-order valence-corrected chi connectivity index (χ1v) is 11.9. The first-order chi connectivity index (χ1) is 15.9. The number of rotatable bonds is 5. The largest absolute Gasteiger partial charge is 0.414 e. The molecule has 0 atom stereocenters. The van der Waals surface area contributed by atoms with Crippen molar-refractivity contribution in [2.75, 3.05) is 0 Å². The fraction of sp³-hybridized carbons (Fsp3) is 0.179. The van der Waals surface area contributed by atoms with Crippen LogP contribution in [0.5, 0.6) is 0 Å². The summed E-state index contributed by atoms with van der Waals surface area (Å²) >= 11 is 3.66. The highest BCUT2D eigenvalue weighted by molar-refractivity contribution is 9.10. The van der Waals surface area contributed by atoms with Crippen molar-refractivity contribution in [3.05, 3.63) is 100 Å². The highest BCUT2D eigenvalue weighted by Crippen LogP contribution is 2.45. The molecule has 0 aliphatic carbocycles. The predicted octanol–water partition coefficient (Wildman–Crippen LogP) is 7.34. The lowest BCUT2D eigenvalue weighted by atomic mass is 9.75. The molecule has 4 aromatic rings. The highest BCUT2D eigenvalue weighted by Gasteiger charge is 2.29. The van der Waals surface area contributed by atoms with E-state index < -0.39 is 0 Å². The molecule has 0 amide bonds. The van der Waals surface area contributed by atoms with Gasteiger partial charge in [0.05, 0.1) is 16.9 Å². The fourth-order valence-corrected chi connectivity index (χ4v) is 5.08. The van der Waals surface area contributed by atoms with E-state index >= 15 is 0 Å². The maximum absolute atomic E-state index is 9.84. The van der Waals surface area contributed by atoms with Crippen LogP contribution in [0, 0.1) is 11.3 Å². The average molecular weight is 513 g/mol. The summed E-state index contributed by atoms with van der Waals surface area (Å²) in [5.74, 6) is 0. The van der Waals surface area contributed by atoms with E-state index in [9.17, 15) is 5.26 Å². The second-order valence-electron chi connectivity index (χ2n) is 8.93. The minimum atomic E-state index is -0.151. The minimum Gasteiger partial charge on any atom is -0.414 e. The molecule has 0 N–H and O–H groups in total. The van der Waals surface area contributed by atoms with E-state index in [0.29, 0.717) is 12.3 Å². The molecule has 163 valence electrons. The van der Waals surface area contributed by atoms with Gasteiger partial charge in [0.15, 0.2) is 0 Å². The number of halogens is 1. The predicted molar refractivity (Wildman–Crippen MR) is 138 cm³/mol. The van der Waals surface area contributed by atoms with Gasteiger partial charge in [0.25, 0.3) is 0 Å². The minimum absolute atomic E-state index is 0.151. The van der Waals surface area contributed by atoms with E-state index in [-0.39, 0.29) is 5.41 Å².